The third-order valence-corrected chi connectivity index (χ3v) is 4.01. The summed E-state index contributed by atoms with van der Waals surface area (Å²) >= 11 is 1.47. The Labute approximate surface area is 114 Å². The van der Waals surface area contributed by atoms with E-state index in [1.807, 2.05) is 0 Å². The van der Waals surface area contributed by atoms with Crippen LogP contribution < -0.4 is 5.32 Å². The largest absolute Gasteiger partial charge is 0.310 e. The minimum atomic E-state index is -0.446. The molecule has 0 spiro atoms. The molecule has 5 heteroatoms. The molecule has 19 heavy (non-hydrogen) atoms. The third kappa shape index (κ3) is 3.16. The molecule has 100 valence electrons. The van der Waals surface area contributed by atoms with Gasteiger partial charge < -0.3 is 5.32 Å². The van der Waals surface area contributed by atoms with E-state index in [2.05, 4.69) is 10.3 Å². The predicted molar refractivity (Wildman–Crippen MR) is 71.9 cm³/mol. The summed E-state index contributed by atoms with van der Waals surface area (Å²) in [6.07, 6.45) is 2.62. The van der Waals surface area contributed by atoms with Gasteiger partial charge in [0.2, 0.25) is 0 Å². The molecule has 0 bridgehead atoms. The Hall–Kier alpha value is -1.33. The van der Waals surface area contributed by atoms with Crippen LogP contribution in [0, 0.1) is 17.6 Å². The van der Waals surface area contributed by atoms with Gasteiger partial charge in [-0.1, -0.05) is 0 Å². The fraction of sp³-hybridized carbons (Fsp3) is 0.357. The fourth-order valence-electron chi connectivity index (χ4n) is 1.91. The second kappa shape index (κ2) is 5.35. The maximum atomic E-state index is 13.6. The first-order chi connectivity index (χ1) is 9.22. The molecule has 2 nitrogen and oxygen atoms in total. The number of aromatic nitrogens is 1. The number of nitrogens with zero attached hydrogens (tertiary/aromatic N) is 1. The minimum absolute atomic E-state index is 0.227. The van der Waals surface area contributed by atoms with E-state index in [0.29, 0.717) is 12.2 Å². The third-order valence-electron chi connectivity index (χ3n) is 3.16. The number of thiazole rings is 1. The molecular weight excluding hydrogens is 266 g/mol. The first kappa shape index (κ1) is 12.7. The van der Waals surface area contributed by atoms with Crippen LogP contribution in [0.2, 0.25) is 0 Å². The molecule has 0 aliphatic heterocycles. The Kier molecular flexibility index (Phi) is 3.57. The van der Waals surface area contributed by atoms with E-state index >= 15 is 0 Å². The highest BCUT2D eigenvalue weighted by molar-refractivity contribution is 7.09. The number of rotatable bonds is 5. The van der Waals surface area contributed by atoms with Crippen molar-refractivity contribution in [1.29, 1.82) is 0 Å². The number of hydrogen-bond acceptors (Lipinski definition) is 3. The lowest BCUT2D eigenvalue weighted by Crippen LogP contribution is -2.15. The van der Waals surface area contributed by atoms with Crippen LogP contribution in [0.3, 0.4) is 0 Å². The predicted octanol–water partition coefficient (Wildman–Crippen LogP) is 3.59. The SMILES string of the molecule is Fc1ccc(F)c(-c2csc(CNCC3CC3)n2)c1. The van der Waals surface area contributed by atoms with Gasteiger partial charge in [0.05, 0.1) is 5.69 Å². The van der Waals surface area contributed by atoms with E-state index in [0.717, 1.165) is 29.6 Å². The van der Waals surface area contributed by atoms with Gasteiger partial charge in [-0.25, -0.2) is 13.8 Å². The Morgan fingerprint density at radius 1 is 1.32 bits per heavy atom. The van der Waals surface area contributed by atoms with Gasteiger partial charge in [-0.3, -0.25) is 0 Å². The topological polar surface area (TPSA) is 24.9 Å². The monoisotopic (exact) mass is 280 g/mol. The first-order valence-corrected chi connectivity index (χ1v) is 7.21. The molecule has 1 heterocycles. The van der Waals surface area contributed by atoms with Crippen LogP contribution in [0.25, 0.3) is 11.3 Å². The molecule has 1 aromatic heterocycles. The summed E-state index contributed by atoms with van der Waals surface area (Å²) in [4.78, 5) is 4.35. The minimum Gasteiger partial charge on any atom is -0.310 e. The molecule has 0 unspecified atom stereocenters. The van der Waals surface area contributed by atoms with Crippen molar-refractivity contribution in [3.8, 4) is 11.3 Å². The first-order valence-electron chi connectivity index (χ1n) is 6.33. The van der Waals surface area contributed by atoms with Crippen molar-refractivity contribution in [3.63, 3.8) is 0 Å². The Balaban J connectivity index is 1.70. The van der Waals surface area contributed by atoms with Crippen LogP contribution >= 0.6 is 11.3 Å². The summed E-state index contributed by atoms with van der Waals surface area (Å²) < 4.78 is 26.7. The van der Waals surface area contributed by atoms with Gasteiger partial charge in [-0.2, -0.15) is 0 Å². The maximum Gasteiger partial charge on any atom is 0.132 e. The summed E-state index contributed by atoms with van der Waals surface area (Å²) in [5.74, 6) is -0.0675. The molecule has 0 amide bonds. The molecular formula is C14H14F2N2S. The molecule has 1 aromatic carbocycles. The zero-order chi connectivity index (χ0) is 13.2. The molecule has 1 aliphatic rings. The normalized spacial score (nSPS) is 14.8. The molecule has 0 atom stereocenters. The van der Waals surface area contributed by atoms with Crippen LogP contribution in [0.4, 0.5) is 8.78 Å². The second-order valence-corrected chi connectivity index (χ2v) is 5.77. The lowest BCUT2D eigenvalue weighted by atomic mass is 10.1. The summed E-state index contributed by atoms with van der Waals surface area (Å²) in [7, 11) is 0. The molecule has 0 saturated heterocycles. The van der Waals surface area contributed by atoms with E-state index in [1.54, 1.807) is 5.38 Å². The molecule has 1 fully saturated rings. The standard InChI is InChI=1S/C14H14F2N2S/c15-10-3-4-12(16)11(5-10)13-8-19-14(18-13)7-17-6-9-1-2-9/h3-5,8-9,17H,1-2,6-7H2. The highest BCUT2D eigenvalue weighted by Gasteiger charge is 2.20. The van der Waals surface area contributed by atoms with Crippen molar-refractivity contribution in [2.75, 3.05) is 6.54 Å². The molecule has 1 aliphatic carbocycles. The van der Waals surface area contributed by atoms with E-state index in [-0.39, 0.29) is 5.56 Å². The average Bonchev–Trinajstić information content (AvgIpc) is 3.10. The smallest absolute Gasteiger partial charge is 0.132 e. The van der Waals surface area contributed by atoms with Gasteiger partial charge in [-0.05, 0) is 43.5 Å². The lowest BCUT2D eigenvalue weighted by molar-refractivity contribution is 0.602. The highest BCUT2D eigenvalue weighted by Crippen LogP contribution is 2.28. The average molecular weight is 280 g/mol. The van der Waals surface area contributed by atoms with E-state index in [4.69, 9.17) is 0 Å². The summed E-state index contributed by atoms with van der Waals surface area (Å²) in [6.45, 7) is 1.71. The van der Waals surface area contributed by atoms with Crippen LogP contribution in [-0.4, -0.2) is 11.5 Å². The van der Waals surface area contributed by atoms with Gasteiger partial charge in [0.25, 0.3) is 0 Å². The van der Waals surface area contributed by atoms with E-state index < -0.39 is 11.6 Å². The van der Waals surface area contributed by atoms with Crippen molar-refractivity contribution >= 4 is 11.3 Å². The van der Waals surface area contributed by atoms with Gasteiger partial charge in [0, 0.05) is 17.5 Å². The number of hydrogen-bond donors (Lipinski definition) is 1. The number of benzene rings is 1. The Morgan fingerprint density at radius 2 is 2.16 bits per heavy atom. The molecule has 3 rings (SSSR count). The van der Waals surface area contributed by atoms with Crippen LogP contribution in [0.5, 0.6) is 0 Å². The van der Waals surface area contributed by atoms with E-state index in [1.165, 1.54) is 30.2 Å². The van der Waals surface area contributed by atoms with Gasteiger partial charge in [-0.15, -0.1) is 11.3 Å². The molecule has 0 radical (unpaired) electrons. The van der Waals surface area contributed by atoms with Crippen molar-refractivity contribution < 1.29 is 8.78 Å². The van der Waals surface area contributed by atoms with Crippen LogP contribution in [0.15, 0.2) is 23.6 Å². The Morgan fingerprint density at radius 3 is 2.95 bits per heavy atom. The zero-order valence-electron chi connectivity index (χ0n) is 10.3. The van der Waals surface area contributed by atoms with Crippen LogP contribution in [0.1, 0.15) is 17.8 Å². The van der Waals surface area contributed by atoms with E-state index in [9.17, 15) is 8.78 Å². The number of nitrogens with one attached hydrogen (secondary N) is 1. The van der Waals surface area contributed by atoms with Crippen molar-refractivity contribution in [2.45, 2.75) is 19.4 Å². The summed E-state index contributed by atoms with van der Waals surface area (Å²) in [5, 5.41) is 6.01. The second-order valence-electron chi connectivity index (χ2n) is 4.82. The van der Waals surface area contributed by atoms with Gasteiger partial charge in [0.15, 0.2) is 0 Å². The lowest BCUT2D eigenvalue weighted by Gasteiger charge is -2.00. The van der Waals surface area contributed by atoms with Gasteiger partial charge >= 0.3 is 0 Å². The van der Waals surface area contributed by atoms with Crippen LogP contribution in [-0.2, 0) is 6.54 Å². The van der Waals surface area contributed by atoms with Crippen molar-refractivity contribution in [3.05, 3.63) is 40.2 Å². The molecule has 2 aromatic rings. The maximum absolute atomic E-state index is 13.6. The highest BCUT2D eigenvalue weighted by atomic mass is 32.1. The Bertz CT molecular complexity index is 579. The zero-order valence-corrected chi connectivity index (χ0v) is 11.1. The summed E-state index contributed by atoms with van der Waals surface area (Å²) in [5.41, 5.74) is 0.731. The summed E-state index contributed by atoms with van der Waals surface area (Å²) in [6, 6.07) is 3.43. The molecule has 1 saturated carbocycles. The van der Waals surface area contributed by atoms with Gasteiger partial charge in [0.1, 0.15) is 16.6 Å². The molecule has 1 N–H and O–H groups in total. The van der Waals surface area contributed by atoms with Crippen molar-refractivity contribution in [1.82, 2.24) is 10.3 Å². The van der Waals surface area contributed by atoms with Crippen molar-refractivity contribution in [2.24, 2.45) is 5.92 Å². The quantitative estimate of drug-likeness (QED) is 0.905. The fourth-order valence-corrected chi connectivity index (χ4v) is 2.68. The number of halogens is 2.